The number of nitrogens with one attached hydrogen (secondary N) is 1. The minimum atomic E-state index is -0.575. The molecule has 128 valence electrons. The smallest absolute Gasteiger partial charge is 0.312 e. The number of amides is 1. The maximum Gasteiger partial charge on any atom is 0.312 e. The number of halogens is 1. The van der Waals surface area contributed by atoms with E-state index in [4.69, 9.17) is 22.1 Å². The Balaban J connectivity index is 2.61. The molecule has 1 aromatic carbocycles. The third-order valence-corrected chi connectivity index (χ3v) is 4.09. The fourth-order valence-electron chi connectivity index (χ4n) is 2.13. The average Bonchev–Trinajstić information content (AvgIpc) is 2.54. The zero-order valence-corrected chi connectivity index (χ0v) is 14.1. The van der Waals surface area contributed by atoms with E-state index in [1.807, 2.05) is 13.8 Å². The number of carbonyl (C=O) groups excluding carboxylic acids is 1. The molecule has 0 atom stereocenters. The van der Waals surface area contributed by atoms with E-state index in [1.54, 1.807) is 0 Å². The lowest BCUT2D eigenvalue weighted by Gasteiger charge is -2.31. The summed E-state index contributed by atoms with van der Waals surface area (Å²) < 4.78 is 5.35. The molecule has 0 saturated carbocycles. The maximum absolute atomic E-state index is 12.0. The Morgan fingerprint density at radius 3 is 2.61 bits per heavy atom. The van der Waals surface area contributed by atoms with Crippen LogP contribution in [-0.4, -0.2) is 29.5 Å². The molecular formula is C15H22ClN3O4. The van der Waals surface area contributed by atoms with Crippen LogP contribution < -0.4 is 15.8 Å². The van der Waals surface area contributed by atoms with Crippen LogP contribution in [0.1, 0.15) is 33.1 Å². The van der Waals surface area contributed by atoms with Crippen LogP contribution in [-0.2, 0) is 4.79 Å². The summed E-state index contributed by atoms with van der Waals surface area (Å²) in [5.74, 6) is -0.112. The molecule has 3 N–H and O–H groups in total. The molecule has 0 bridgehead atoms. The Bertz CT molecular complexity index is 553. The Morgan fingerprint density at radius 1 is 1.43 bits per heavy atom. The van der Waals surface area contributed by atoms with Gasteiger partial charge in [-0.25, -0.2) is 0 Å². The molecule has 0 aromatic heterocycles. The largest absolute Gasteiger partial charge is 0.486 e. The number of ether oxygens (including phenoxy) is 1. The number of hydrogen-bond acceptors (Lipinski definition) is 5. The van der Waals surface area contributed by atoms with Crippen LogP contribution in [0, 0.1) is 10.1 Å². The van der Waals surface area contributed by atoms with Gasteiger partial charge in [-0.05, 0) is 25.0 Å². The maximum atomic E-state index is 12.0. The number of nitrogens with two attached hydrogens (primary N) is 1. The van der Waals surface area contributed by atoms with Gasteiger partial charge >= 0.3 is 5.69 Å². The average molecular weight is 344 g/mol. The number of nitro benzene ring substituents is 1. The summed E-state index contributed by atoms with van der Waals surface area (Å²) in [6.07, 6.45) is 1.55. The molecule has 7 nitrogen and oxygen atoms in total. The zero-order chi connectivity index (χ0) is 17.5. The number of nitro groups is 1. The quantitative estimate of drug-likeness (QED) is 0.529. The number of hydrogen-bond donors (Lipinski definition) is 2. The fraction of sp³-hybridized carbons (Fsp3) is 0.533. The second kappa shape index (κ2) is 8.69. The molecule has 0 saturated heterocycles. The normalized spacial score (nSPS) is 11.1. The van der Waals surface area contributed by atoms with Crippen LogP contribution in [0.25, 0.3) is 0 Å². The van der Waals surface area contributed by atoms with E-state index < -0.39 is 10.5 Å². The Hall–Kier alpha value is -1.86. The molecule has 23 heavy (non-hydrogen) atoms. The van der Waals surface area contributed by atoms with Gasteiger partial charge in [0.1, 0.15) is 0 Å². The summed E-state index contributed by atoms with van der Waals surface area (Å²) in [5.41, 5.74) is 5.09. The van der Waals surface area contributed by atoms with Crippen molar-refractivity contribution in [2.24, 2.45) is 5.73 Å². The van der Waals surface area contributed by atoms with Gasteiger partial charge in [-0.2, -0.15) is 0 Å². The standard InChI is InChI=1S/C15H22ClN3O4/c1-3-15(4-2,10-17)18-14(20)7-8-23-13-6-5-11(16)9-12(13)19(21)22/h5-6,9H,3-4,7-8,10,17H2,1-2H3,(H,18,20). The highest BCUT2D eigenvalue weighted by Crippen LogP contribution is 2.29. The molecule has 0 aliphatic rings. The fourth-order valence-corrected chi connectivity index (χ4v) is 2.30. The minimum absolute atomic E-state index is 0.0301. The summed E-state index contributed by atoms with van der Waals surface area (Å²) in [7, 11) is 0. The van der Waals surface area contributed by atoms with Crippen LogP contribution >= 0.6 is 11.6 Å². The van der Waals surface area contributed by atoms with Crippen molar-refractivity contribution in [1.29, 1.82) is 0 Å². The molecule has 0 unspecified atom stereocenters. The van der Waals surface area contributed by atoms with E-state index >= 15 is 0 Å². The van der Waals surface area contributed by atoms with Gasteiger partial charge in [-0.1, -0.05) is 25.4 Å². The van der Waals surface area contributed by atoms with Crippen LogP contribution in [0.2, 0.25) is 5.02 Å². The van der Waals surface area contributed by atoms with Gasteiger partial charge in [0.2, 0.25) is 5.91 Å². The van der Waals surface area contributed by atoms with E-state index in [9.17, 15) is 14.9 Å². The highest BCUT2D eigenvalue weighted by Gasteiger charge is 2.26. The molecule has 0 heterocycles. The first-order chi connectivity index (χ1) is 10.9. The third-order valence-electron chi connectivity index (χ3n) is 3.85. The van der Waals surface area contributed by atoms with E-state index in [2.05, 4.69) is 5.32 Å². The van der Waals surface area contributed by atoms with Crippen molar-refractivity contribution in [2.75, 3.05) is 13.2 Å². The highest BCUT2D eigenvalue weighted by molar-refractivity contribution is 6.30. The van der Waals surface area contributed by atoms with Crippen molar-refractivity contribution in [2.45, 2.75) is 38.6 Å². The lowest BCUT2D eigenvalue weighted by Crippen LogP contribution is -2.53. The number of carbonyl (C=O) groups is 1. The van der Waals surface area contributed by atoms with Crippen LogP contribution in [0.5, 0.6) is 5.75 Å². The van der Waals surface area contributed by atoms with Crippen molar-refractivity contribution >= 4 is 23.2 Å². The molecule has 1 rings (SSSR count). The van der Waals surface area contributed by atoms with E-state index in [1.165, 1.54) is 18.2 Å². The first-order valence-electron chi connectivity index (χ1n) is 7.45. The van der Waals surface area contributed by atoms with Gasteiger partial charge in [0.15, 0.2) is 5.75 Å². The van der Waals surface area contributed by atoms with Crippen LogP contribution in [0.3, 0.4) is 0 Å². The Morgan fingerprint density at radius 2 is 2.09 bits per heavy atom. The second-order valence-corrected chi connectivity index (χ2v) is 5.64. The van der Waals surface area contributed by atoms with Gasteiger partial charge in [0.05, 0.1) is 23.5 Å². The molecule has 0 aliphatic heterocycles. The first kappa shape index (κ1) is 19.2. The second-order valence-electron chi connectivity index (χ2n) is 5.21. The van der Waals surface area contributed by atoms with Crippen molar-refractivity contribution in [1.82, 2.24) is 5.32 Å². The molecule has 8 heteroatoms. The zero-order valence-electron chi connectivity index (χ0n) is 13.3. The molecule has 1 aromatic rings. The first-order valence-corrected chi connectivity index (χ1v) is 7.83. The molecule has 0 fully saturated rings. The topological polar surface area (TPSA) is 107 Å². The number of benzene rings is 1. The summed E-state index contributed by atoms with van der Waals surface area (Å²) in [6.45, 7) is 4.31. The number of nitrogens with zero attached hydrogens (tertiary/aromatic N) is 1. The van der Waals surface area contributed by atoms with Gasteiger partial charge in [0.25, 0.3) is 0 Å². The molecule has 0 radical (unpaired) electrons. The van der Waals surface area contributed by atoms with Gasteiger partial charge < -0.3 is 15.8 Å². The predicted molar refractivity (Wildman–Crippen MR) is 88.7 cm³/mol. The van der Waals surface area contributed by atoms with Crippen molar-refractivity contribution in [3.63, 3.8) is 0 Å². The van der Waals surface area contributed by atoms with E-state index in [0.717, 1.165) is 12.8 Å². The van der Waals surface area contributed by atoms with E-state index in [0.29, 0.717) is 6.54 Å². The summed E-state index contributed by atoms with van der Waals surface area (Å²) >= 11 is 5.73. The van der Waals surface area contributed by atoms with Crippen molar-refractivity contribution in [3.8, 4) is 5.75 Å². The lowest BCUT2D eigenvalue weighted by atomic mass is 9.93. The molecule has 0 spiro atoms. The van der Waals surface area contributed by atoms with Gasteiger partial charge in [-0.3, -0.25) is 14.9 Å². The van der Waals surface area contributed by atoms with Crippen molar-refractivity contribution < 1.29 is 14.5 Å². The van der Waals surface area contributed by atoms with Crippen LogP contribution in [0.15, 0.2) is 18.2 Å². The minimum Gasteiger partial charge on any atom is -0.486 e. The predicted octanol–water partition coefficient (Wildman–Crippen LogP) is 2.65. The van der Waals surface area contributed by atoms with Gasteiger partial charge in [-0.15, -0.1) is 0 Å². The Labute approximate surface area is 140 Å². The summed E-state index contributed by atoms with van der Waals surface area (Å²) in [5, 5.41) is 14.1. The van der Waals surface area contributed by atoms with Gasteiger partial charge in [0, 0.05) is 17.6 Å². The third kappa shape index (κ3) is 5.37. The highest BCUT2D eigenvalue weighted by atomic mass is 35.5. The Kier molecular flexibility index (Phi) is 7.25. The number of rotatable bonds is 9. The van der Waals surface area contributed by atoms with E-state index in [-0.39, 0.29) is 35.4 Å². The molecule has 1 amide bonds. The van der Waals surface area contributed by atoms with Crippen LogP contribution in [0.4, 0.5) is 5.69 Å². The summed E-state index contributed by atoms with van der Waals surface area (Å²) in [4.78, 5) is 22.4. The van der Waals surface area contributed by atoms with Crippen molar-refractivity contribution in [3.05, 3.63) is 33.3 Å². The molecule has 0 aliphatic carbocycles. The lowest BCUT2D eigenvalue weighted by molar-refractivity contribution is -0.385. The SMILES string of the molecule is CCC(CC)(CN)NC(=O)CCOc1ccc(Cl)cc1[N+](=O)[O-]. The summed E-state index contributed by atoms with van der Waals surface area (Å²) in [6, 6.07) is 4.13. The molecular weight excluding hydrogens is 322 g/mol. The monoisotopic (exact) mass is 343 g/mol.